The van der Waals surface area contributed by atoms with Crippen LogP contribution in [-0.4, -0.2) is 22.7 Å². The number of carboxylic acid groups (broad SMARTS) is 1. The molecule has 1 aromatic rings. The van der Waals surface area contributed by atoms with Crippen LogP contribution in [0.2, 0.25) is 5.02 Å². The van der Waals surface area contributed by atoms with Crippen LogP contribution in [0.25, 0.3) is 0 Å². The minimum absolute atomic E-state index is 0.0761. The third kappa shape index (κ3) is 3.61. The Balaban J connectivity index is 1.83. The van der Waals surface area contributed by atoms with Crippen LogP contribution in [0.4, 0.5) is 0 Å². The van der Waals surface area contributed by atoms with E-state index in [1.165, 1.54) is 0 Å². The van der Waals surface area contributed by atoms with Crippen LogP contribution >= 0.6 is 11.6 Å². The number of rotatable bonds is 5. The van der Waals surface area contributed by atoms with Crippen LogP contribution in [0.3, 0.4) is 0 Å². The molecule has 0 aromatic heterocycles. The minimum Gasteiger partial charge on any atom is -0.506 e. The van der Waals surface area contributed by atoms with Crippen molar-refractivity contribution in [3.8, 4) is 5.75 Å². The maximum atomic E-state index is 11.1. The van der Waals surface area contributed by atoms with Gasteiger partial charge >= 0.3 is 5.97 Å². The largest absolute Gasteiger partial charge is 0.506 e. The first kappa shape index (κ1) is 14.2. The van der Waals surface area contributed by atoms with Gasteiger partial charge in [-0.1, -0.05) is 24.1 Å². The lowest BCUT2D eigenvalue weighted by Crippen LogP contribution is -2.28. The number of aromatic hydroxyl groups is 1. The first-order valence-corrected chi connectivity index (χ1v) is 6.86. The Morgan fingerprint density at radius 2 is 2.21 bits per heavy atom. The fraction of sp³-hybridized carbons (Fsp3) is 0.500. The van der Waals surface area contributed by atoms with Crippen LogP contribution in [-0.2, 0) is 11.3 Å². The molecule has 0 bridgehead atoms. The number of nitrogens with one attached hydrogen (secondary N) is 1. The Bertz CT molecular complexity index is 464. The van der Waals surface area contributed by atoms with Crippen molar-refractivity contribution in [2.75, 3.05) is 6.54 Å². The predicted octanol–water partition coefficient (Wildman–Crippen LogP) is 2.64. The van der Waals surface area contributed by atoms with Gasteiger partial charge in [0.2, 0.25) is 0 Å². The molecule has 104 valence electrons. The van der Waals surface area contributed by atoms with Crippen LogP contribution in [0, 0.1) is 11.8 Å². The monoisotopic (exact) mass is 283 g/mol. The molecule has 1 aliphatic carbocycles. The fourth-order valence-electron chi connectivity index (χ4n) is 2.67. The predicted molar refractivity (Wildman–Crippen MR) is 73.3 cm³/mol. The third-order valence-electron chi connectivity index (χ3n) is 3.72. The smallest absolute Gasteiger partial charge is 0.306 e. The second-order valence-electron chi connectivity index (χ2n) is 5.05. The zero-order valence-corrected chi connectivity index (χ0v) is 11.4. The number of carbonyl (C=O) groups is 1. The maximum Gasteiger partial charge on any atom is 0.306 e. The summed E-state index contributed by atoms with van der Waals surface area (Å²) in [7, 11) is 0. The molecule has 0 saturated heterocycles. The molecule has 2 atom stereocenters. The second-order valence-corrected chi connectivity index (χ2v) is 5.46. The van der Waals surface area contributed by atoms with Crippen molar-refractivity contribution in [1.29, 1.82) is 0 Å². The number of phenols is 1. The number of hydrogen-bond acceptors (Lipinski definition) is 3. The highest BCUT2D eigenvalue weighted by molar-refractivity contribution is 6.32. The number of aliphatic carboxylic acids is 1. The summed E-state index contributed by atoms with van der Waals surface area (Å²) in [6, 6.07) is 5.08. The van der Waals surface area contributed by atoms with Gasteiger partial charge in [0.1, 0.15) is 5.75 Å². The van der Waals surface area contributed by atoms with Gasteiger partial charge in [0, 0.05) is 6.54 Å². The van der Waals surface area contributed by atoms with Crippen molar-refractivity contribution in [2.24, 2.45) is 11.8 Å². The van der Waals surface area contributed by atoms with E-state index < -0.39 is 5.97 Å². The lowest BCUT2D eigenvalue weighted by atomic mass is 9.96. The molecule has 2 unspecified atom stereocenters. The Labute approximate surface area is 117 Å². The van der Waals surface area contributed by atoms with Crippen LogP contribution < -0.4 is 5.32 Å². The van der Waals surface area contributed by atoms with Crippen molar-refractivity contribution in [2.45, 2.75) is 25.8 Å². The fourth-order valence-corrected chi connectivity index (χ4v) is 2.87. The molecule has 1 aliphatic rings. The molecule has 4 nitrogen and oxygen atoms in total. The first-order valence-electron chi connectivity index (χ1n) is 6.49. The summed E-state index contributed by atoms with van der Waals surface area (Å²) in [6.45, 7) is 1.33. The summed E-state index contributed by atoms with van der Waals surface area (Å²) in [5, 5.41) is 22.0. The normalized spacial score (nSPS) is 22.6. The first-order chi connectivity index (χ1) is 9.08. The van der Waals surface area contributed by atoms with E-state index in [0.717, 1.165) is 24.8 Å². The summed E-state index contributed by atoms with van der Waals surface area (Å²) in [5.41, 5.74) is 0.979. The van der Waals surface area contributed by atoms with E-state index in [-0.39, 0.29) is 17.6 Å². The van der Waals surface area contributed by atoms with Crippen molar-refractivity contribution >= 4 is 17.6 Å². The van der Waals surface area contributed by atoms with E-state index >= 15 is 0 Å². The van der Waals surface area contributed by atoms with Gasteiger partial charge in [-0.2, -0.15) is 0 Å². The molecule has 19 heavy (non-hydrogen) atoms. The number of carboxylic acids is 1. The molecule has 1 saturated carbocycles. The summed E-state index contributed by atoms with van der Waals surface area (Å²) in [4.78, 5) is 11.1. The molecule has 0 aliphatic heterocycles. The SMILES string of the molecule is O=C(O)C1CCCC1CNCc1ccc(O)c(Cl)c1. The van der Waals surface area contributed by atoms with Gasteiger partial charge in [-0.05, 0) is 43.0 Å². The summed E-state index contributed by atoms with van der Waals surface area (Å²) < 4.78 is 0. The summed E-state index contributed by atoms with van der Waals surface area (Å²) in [6.07, 6.45) is 2.75. The molecule has 5 heteroatoms. The lowest BCUT2D eigenvalue weighted by molar-refractivity contribution is -0.142. The Morgan fingerprint density at radius 1 is 1.42 bits per heavy atom. The Hall–Kier alpha value is -1.26. The summed E-state index contributed by atoms with van der Waals surface area (Å²) in [5.74, 6) is -0.606. The maximum absolute atomic E-state index is 11.1. The van der Waals surface area contributed by atoms with Gasteiger partial charge in [-0.3, -0.25) is 4.79 Å². The van der Waals surface area contributed by atoms with Gasteiger partial charge in [-0.25, -0.2) is 0 Å². The van der Waals surface area contributed by atoms with Crippen molar-refractivity contribution < 1.29 is 15.0 Å². The van der Waals surface area contributed by atoms with Gasteiger partial charge < -0.3 is 15.5 Å². The number of phenolic OH excluding ortho intramolecular Hbond substituents is 1. The highest BCUT2D eigenvalue weighted by Crippen LogP contribution is 2.31. The zero-order valence-electron chi connectivity index (χ0n) is 10.6. The molecule has 0 spiro atoms. The van der Waals surface area contributed by atoms with E-state index in [1.54, 1.807) is 18.2 Å². The van der Waals surface area contributed by atoms with E-state index in [0.29, 0.717) is 18.1 Å². The van der Waals surface area contributed by atoms with Crippen molar-refractivity contribution in [3.63, 3.8) is 0 Å². The quantitative estimate of drug-likeness (QED) is 0.777. The molecule has 0 heterocycles. The van der Waals surface area contributed by atoms with E-state index in [2.05, 4.69) is 5.32 Å². The van der Waals surface area contributed by atoms with Crippen molar-refractivity contribution in [3.05, 3.63) is 28.8 Å². The molecule has 2 rings (SSSR count). The van der Waals surface area contributed by atoms with E-state index in [9.17, 15) is 9.90 Å². The molecule has 0 amide bonds. The molecule has 3 N–H and O–H groups in total. The lowest BCUT2D eigenvalue weighted by Gasteiger charge is -2.16. The standard InChI is InChI=1S/C14H18ClNO3/c15-12-6-9(4-5-13(12)17)7-16-8-10-2-1-3-11(10)14(18)19/h4-6,10-11,16-17H,1-3,7-8H2,(H,18,19). The van der Waals surface area contributed by atoms with Crippen LogP contribution in [0.5, 0.6) is 5.75 Å². The van der Waals surface area contributed by atoms with Gasteiger partial charge in [-0.15, -0.1) is 0 Å². The molecule has 1 fully saturated rings. The zero-order chi connectivity index (χ0) is 13.8. The molecule has 1 aromatic carbocycles. The van der Waals surface area contributed by atoms with Gasteiger partial charge in [0.05, 0.1) is 10.9 Å². The minimum atomic E-state index is -0.683. The average molecular weight is 284 g/mol. The number of benzene rings is 1. The molecule has 0 radical (unpaired) electrons. The Morgan fingerprint density at radius 3 is 2.89 bits per heavy atom. The van der Waals surface area contributed by atoms with Crippen LogP contribution in [0.15, 0.2) is 18.2 Å². The van der Waals surface area contributed by atoms with Crippen LogP contribution in [0.1, 0.15) is 24.8 Å². The van der Waals surface area contributed by atoms with Crippen molar-refractivity contribution in [1.82, 2.24) is 5.32 Å². The highest BCUT2D eigenvalue weighted by atomic mass is 35.5. The number of hydrogen-bond donors (Lipinski definition) is 3. The van der Waals surface area contributed by atoms with E-state index in [1.807, 2.05) is 0 Å². The van der Waals surface area contributed by atoms with Gasteiger partial charge in [0.15, 0.2) is 0 Å². The Kier molecular flexibility index (Phi) is 4.66. The highest BCUT2D eigenvalue weighted by Gasteiger charge is 2.32. The topological polar surface area (TPSA) is 69.6 Å². The number of halogens is 1. The third-order valence-corrected chi connectivity index (χ3v) is 4.03. The summed E-state index contributed by atoms with van der Waals surface area (Å²) >= 11 is 5.83. The van der Waals surface area contributed by atoms with E-state index in [4.69, 9.17) is 16.7 Å². The second kappa shape index (κ2) is 6.26. The molecular formula is C14H18ClNO3. The molecular weight excluding hydrogens is 266 g/mol. The average Bonchev–Trinajstić information content (AvgIpc) is 2.82. The van der Waals surface area contributed by atoms with Gasteiger partial charge in [0.25, 0.3) is 0 Å².